The molecule has 3 rings (SSSR count). The number of carbonyl (C=O) groups is 18. The van der Waals surface area contributed by atoms with Crippen LogP contribution >= 0.6 is 0 Å². The molecule has 3 heterocycles. The zero-order valence-corrected chi connectivity index (χ0v) is 57.0. The Morgan fingerprint density at radius 1 is 0.490 bits per heavy atom. The third-order valence-corrected chi connectivity index (χ3v) is 17.0. The van der Waals surface area contributed by atoms with Crippen LogP contribution in [0.1, 0.15) is 175 Å². The van der Waals surface area contributed by atoms with Crippen LogP contribution in [-0.2, 0) is 86.3 Å². The van der Waals surface area contributed by atoms with E-state index in [4.69, 9.17) is 0 Å². The summed E-state index contributed by atoms with van der Waals surface area (Å²) in [6.07, 6.45) is 7.19. The number of carboxylic acids is 4. The number of aliphatic hydroxyl groups excluding tert-OH is 1. The highest BCUT2D eigenvalue weighted by molar-refractivity contribution is 6.01. The summed E-state index contributed by atoms with van der Waals surface area (Å²) in [5, 5.41) is 76.1. The highest BCUT2D eigenvalue weighted by atomic mass is 16.4. The monoisotopic (exact) mass is 1420 g/mol. The Morgan fingerprint density at radius 3 is 1.44 bits per heavy atom. The van der Waals surface area contributed by atoms with Crippen molar-refractivity contribution in [2.75, 3.05) is 45.8 Å². The normalized spacial score (nSPS) is 22.6. The van der Waals surface area contributed by atoms with Gasteiger partial charge in [-0.25, -0.2) is 0 Å². The van der Waals surface area contributed by atoms with Crippen LogP contribution in [0, 0.1) is 5.92 Å². The molecule has 3 saturated heterocycles. The van der Waals surface area contributed by atoms with Crippen LogP contribution < -0.4 is 63.8 Å². The van der Waals surface area contributed by atoms with Gasteiger partial charge >= 0.3 is 23.9 Å². The number of hydrogen-bond acceptors (Lipinski definition) is 19. The number of rotatable bonds is 31. The molecule has 0 unspecified atom stereocenters. The Bertz CT molecular complexity index is 2910. The van der Waals surface area contributed by atoms with Crippen molar-refractivity contribution in [3.05, 3.63) is 0 Å². The highest BCUT2D eigenvalue weighted by Crippen LogP contribution is 2.23. The third kappa shape index (κ3) is 30.7. The second-order valence-corrected chi connectivity index (χ2v) is 25.1. The molecule has 3 aliphatic rings. The summed E-state index contributed by atoms with van der Waals surface area (Å²) in [7, 11) is 0. The molecule has 11 atom stereocenters. The smallest absolute Gasteiger partial charge is 0.305 e. The van der Waals surface area contributed by atoms with Crippen LogP contribution in [0.5, 0.6) is 0 Å². The number of carboxylic acid groups (broad SMARTS) is 4. The van der Waals surface area contributed by atoms with Gasteiger partial charge in [0.05, 0.1) is 58.0 Å². The largest absolute Gasteiger partial charge is 0.481 e. The first-order valence-electron chi connectivity index (χ1n) is 34.0. The predicted molar refractivity (Wildman–Crippen MR) is 348 cm³/mol. The first kappa shape index (κ1) is 84.6. The summed E-state index contributed by atoms with van der Waals surface area (Å²) in [6.45, 7) is 1.28. The molecule has 560 valence electrons. The maximum Gasteiger partial charge on any atom is 0.305 e. The van der Waals surface area contributed by atoms with Gasteiger partial charge in [-0.1, -0.05) is 97.8 Å². The number of unbranched alkanes of at least 4 members (excludes halogenated alkanes) is 11. The summed E-state index contributed by atoms with van der Waals surface area (Å²) < 4.78 is 0. The van der Waals surface area contributed by atoms with Gasteiger partial charge in [0.1, 0.15) is 54.4 Å². The first-order chi connectivity index (χ1) is 47.4. The van der Waals surface area contributed by atoms with Crippen molar-refractivity contribution < 1.29 is 112 Å². The van der Waals surface area contributed by atoms with Gasteiger partial charge in [-0.2, -0.15) is 0 Å². The van der Waals surface area contributed by atoms with Crippen molar-refractivity contribution >= 4 is 107 Å². The summed E-state index contributed by atoms with van der Waals surface area (Å²) in [5.41, 5.74) is 0. The lowest BCUT2D eigenvalue weighted by molar-refractivity contribution is -0.146. The van der Waals surface area contributed by atoms with Crippen molar-refractivity contribution in [2.24, 2.45) is 5.92 Å². The molecule has 0 spiro atoms. The summed E-state index contributed by atoms with van der Waals surface area (Å²) in [4.78, 5) is 241. The van der Waals surface area contributed by atoms with E-state index in [0.29, 0.717) is 12.8 Å². The molecular weight excluding hydrogens is 1320 g/mol. The second kappa shape index (κ2) is 44.4. The minimum atomic E-state index is -2.07. The average molecular weight is 1420 g/mol. The van der Waals surface area contributed by atoms with Crippen LogP contribution in [-0.4, -0.2) is 248 Å². The Hall–Kier alpha value is -9.58. The van der Waals surface area contributed by atoms with Gasteiger partial charge in [-0.3, -0.25) is 86.3 Å². The van der Waals surface area contributed by atoms with Crippen LogP contribution in [0.25, 0.3) is 0 Å². The lowest BCUT2D eigenvalue weighted by atomic mass is 9.96. The van der Waals surface area contributed by atoms with Gasteiger partial charge in [0.25, 0.3) is 0 Å². The minimum absolute atomic E-state index is 0.0192. The maximum atomic E-state index is 14.9. The molecule has 0 saturated carbocycles. The molecule has 0 aromatic heterocycles. The van der Waals surface area contributed by atoms with Crippen LogP contribution in [0.4, 0.5) is 0 Å². The van der Waals surface area contributed by atoms with Gasteiger partial charge in [-0.05, 0) is 51.4 Å². The van der Waals surface area contributed by atoms with Gasteiger partial charge in [-0.15, -0.1) is 0 Å². The quantitative estimate of drug-likeness (QED) is 0.0292. The molecule has 37 heteroatoms. The fourth-order valence-corrected chi connectivity index (χ4v) is 11.3. The predicted octanol–water partition coefficient (Wildman–Crippen LogP) is -4.24. The van der Waals surface area contributed by atoms with E-state index in [-0.39, 0.29) is 58.0 Å². The number of nitrogens with zero attached hydrogens (tertiary/aromatic N) is 2. The fraction of sp³-hybridized carbons (Fsp3) is 0.714. The Balaban J connectivity index is 1.97. The van der Waals surface area contributed by atoms with Gasteiger partial charge in [0, 0.05) is 26.1 Å². The molecule has 37 nitrogen and oxygen atoms in total. The van der Waals surface area contributed by atoms with Crippen LogP contribution in [0.15, 0.2) is 0 Å². The molecule has 0 bridgehead atoms. The minimum Gasteiger partial charge on any atom is -0.481 e. The standard InChI is InChI=1S/C63H100N14O23/c1-5-7-8-9-10-11-12-13-14-15-16-17-23-44(79)69-37(26-49(84)85)55(92)65-32-46(81)72-40(29-52(90)91)58(95)73-41-30-64-59(96)43-22-20-25-77(43)63(100)53(35(3)6-2)75-61(98)54(36(4)78)74-48(83)34-67-57(94)39(28-51(88)89)70-45(80)31-66-56(93)38(27-50(86)87)71-47(82)33-68-60(97)42-21-18-19-24-76(42)62(41)99/h35-43,53-54,78H,5-34H2,1-4H3,(H,64,96)(H,65,92)(H,66,93)(H,67,94)(H,68,97)(H,69,79)(H,70,80)(H,71,82)(H,72,81)(H,73,95)(H,74,83)(H,75,98)(H,84,85)(H,86,87)(H,88,89)(H,90,91)/t35-,36+,37-,38-,39-,40-,41-,42-,43-,53-,54-/m0/s1. The van der Waals surface area contributed by atoms with Gasteiger partial charge in [0.15, 0.2) is 0 Å². The van der Waals surface area contributed by atoms with E-state index in [1.165, 1.54) is 32.1 Å². The van der Waals surface area contributed by atoms with Gasteiger partial charge < -0.3 is 99.1 Å². The summed E-state index contributed by atoms with van der Waals surface area (Å²) >= 11 is 0. The van der Waals surface area contributed by atoms with E-state index in [1.54, 1.807) is 13.8 Å². The number of carbonyl (C=O) groups excluding carboxylic acids is 14. The average Bonchev–Trinajstić information content (AvgIpc) is 1.32. The second-order valence-electron chi connectivity index (χ2n) is 25.1. The van der Waals surface area contributed by atoms with E-state index in [9.17, 15) is 112 Å². The number of fused-ring (bicyclic) bond motifs is 2. The van der Waals surface area contributed by atoms with E-state index in [2.05, 4.69) is 60.1 Å². The Morgan fingerprint density at radius 2 is 0.940 bits per heavy atom. The third-order valence-electron chi connectivity index (χ3n) is 17.0. The molecule has 0 aromatic rings. The fourth-order valence-electron chi connectivity index (χ4n) is 11.3. The van der Waals surface area contributed by atoms with Crippen LogP contribution in [0.2, 0.25) is 0 Å². The first-order valence-corrected chi connectivity index (χ1v) is 34.0. The van der Waals surface area contributed by atoms with E-state index < -0.39 is 231 Å². The molecule has 3 fully saturated rings. The van der Waals surface area contributed by atoms with E-state index in [1.807, 2.05) is 10.6 Å². The maximum absolute atomic E-state index is 14.9. The number of amides is 14. The van der Waals surface area contributed by atoms with Crippen molar-refractivity contribution in [2.45, 2.75) is 236 Å². The molecule has 14 amide bonds. The van der Waals surface area contributed by atoms with E-state index >= 15 is 0 Å². The molecule has 17 N–H and O–H groups in total. The van der Waals surface area contributed by atoms with E-state index in [0.717, 1.165) is 48.8 Å². The SMILES string of the molecule is CCCCCCCCCCCCCCC(=O)N[C@@H](CC(=O)O)C(=O)NCC(=O)N[C@@H](CC(=O)O)C(=O)N[C@H]1CNC(=O)[C@@H]2CCCN2C(=O)[C@H]([C@@H](C)CC)NC(=O)[C@H]([C@@H](C)O)NC(=O)CNC(=O)[C@H](CC(=O)O)NC(=O)CNC(=O)[C@H](CC(=O)O)NC(=O)CNC(=O)[C@@H]2CCCCN2C1=O. The molecule has 0 radical (unpaired) electrons. The zero-order chi connectivity index (χ0) is 74.6. The molecule has 3 aliphatic heterocycles. The number of hydrogen-bond donors (Lipinski definition) is 17. The van der Waals surface area contributed by atoms with Crippen molar-refractivity contribution in [1.29, 1.82) is 0 Å². The molecule has 100 heavy (non-hydrogen) atoms. The molecule has 0 aromatic carbocycles. The molecule has 0 aliphatic carbocycles. The van der Waals surface area contributed by atoms with Crippen molar-refractivity contribution in [3.63, 3.8) is 0 Å². The summed E-state index contributed by atoms with van der Waals surface area (Å²) in [6, 6.07) is -15.7. The van der Waals surface area contributed by atoms with Gasteiger partial charge in [0.2, 0.25) is 82.7 Å². The lowest BCUT2D eigenvalue weighted by Crippen LogP contribution is -2.63. The highest BCUT2D eigenvalue weighted by Gasteiger charge is 2.43. The Kier molecular flexibility index (Phi) is 37.6. The summed E-state index contributed by atoms with van der Waals surface area (Å²) in [5.74, 6) is -22.6. The topological polar surface area (TPSA) is 559 Å². The number of piperidine rings is 1. The van der Waals surface area contributed by atoms with Crippen LogP contribution in [0.3, 0.4) is 0 Å². The number of aliphatic carboxylic acids is 4. The number of aliphatic hydroxyl groups is 1. The number of nitrogens with one attached hydrogen (secondary N) is 12. The Labute approximate surface area is 577 Å². The molecular formula is C63H100N14O23. The lowest BCUT2D eigenvalue weighted by Gasteiger charge is -2.37. The van der Waals surface area contributed by atoms with Crippen molar-refractivity contribution in [3.8, 4) is 0 Å². The zero-order valence-electron chi connectivity index (χ0n) is 57.0. The van der Waals surface area contributed by atoms with Crippen molar-refractivity contribution in [1.82, 2.24) is 73.6 Å².